The van der Waals surface area contributed by atoms with Crippen LogP contribution in [0.1, 0.15) is 26.7 Å². The second-order valence-electron chi connectivity index (χ2n) is 4.72. The second-order valence-corrected chi connectivity index (χ2v) is 4.72. The predicted octanol–water partition coefficient (Wildman–Crippen LogP) is 1.06. The highest BCUT2D eigenvalue weighted by molar-refractivity contribution is 4.95. The van der Waals surface area contributed by atoms with Crippen molar-refractivity contribution in [1.29, 1.82) is 0 Å². The molecule has 2 bridgehead atoms. The zero-order valence-electron chi connectivity index (χ0n) is 8.16. The first kappa shape index (κ1) is 8.52. The smallest absolute Gasteiger partial charge is 0.0120 e. The molecule has 2 heteroatoms. The van der Waals surface area contributed by atoms with Crippen molar-refractivity contribution >= 4 is 0 Å². The summed E-state index contributed by atoms with van der Waals surface area (Å²) in [6.07, 6.45) is 2.74. The van der Waals surface area contributed by atoms with Gasteiger partial charge in [0.2, 0.25) is 0 Å². The Morgan fingerprint density at radius 1 is 1.17 bits per heavy atom. The van der Waals surface area contributed by atoms with Gasteiger partial charge in [0.15, 0.2) is 0 Å². The number of nitrogens with zero attached hydrogens (tertiary/aromatic N) is 1. The third-order valence-electron chi connectivity index (χ3n) is 3.67. The van der Waals surface area contributed by atoms with E-state index in [0.717, 1.165) is 11.8 Å². The maximum Gasteiger partial charge on any atom is 0.0120 e. The van der Waals surface area contributed by atoms with E-state index in [0.29, 0.717) is 12.1 Å². The fourth-order valence-corrected chi connectivity index (χ4v) is 2.72. The van der Waals surface area contributed by atoms with Crippen LogP contribution in [0.2, 0.25) is 0 Å². The fourth-order valence-electron chi connectivity index (χ4n) is 2.72. The summed E-state index contributed by atoms with van der Waals surface area (Å²) < 4.78 is 0. The molecule has 0 amide bonds. The number of hydrogen-bond donors (Lipinski definition) is 1. The summed E-state index contributed by atoms with van der Waals surface area (Å²) in [4.78, 5) is 2.59. The molecule has 0 aromatic rings. The van der Waals surface area contributed by atoms with Crippen LogP contribution in [0.3, 0.4) is 0 Å². The van der Waals surface area contributed by atoms with Gasteiger partial charge >= 0.3 is 0 Å². The molecular weight excluding hydrogens is 148 g/mol. The van der Waals surface area contributed by atoms with Gasteiger partial charge in [0, 0.05) is 25.2 Å². The fraction of sp³-hybridized carbons (Fsp3) is 1.00. The Balaban J connectivity index is 2.02. The lowest BCUT2D eigenvalue weighted by Crippen LogP contribution is -2.50. The van der Waals surface area contributed by atoms with Crippen LogP contribution in [-0.4, -0.2) is 30.1 Å². The van der Waals surface area contributed by atoms with Crippen molar-refractivity contribution in [2.45, 2.75) is 38.8 Å². The van der Waals surface area contributed by atoms with E-state index in [1.165, 1.54) is 25.9 Å². The van der Waals surface area contributed by atoms with Crippen molar-refractivity contribution < 1.29 is 0 Å². The van der Waals surface area contributed by atoms with Crippen molar-refractivity contribution in [3.63, 3.8) is 0 Å². The van der Waals surface area contributed by atoms with Crippen LogP contribution in [0.15, 0.2) is 0 Å². The maximum absolute atomic E-state index is 6.12. The third kappa shape index (κ3) is 1.27. The molecule has 2 aliphatic rings. The van der Waals surface area contributed by atoms with Crippen molar-refractivity contribution in [3.05, 3.63) is 0 Å². The molecule has 2 nitrogen and oxygen atoms in total. The van der Waals surface area contributed by atoms with Crippen molar-refractivity contribution in [3.8, 4) is 0 Å². The minimum atomic E-state index is 0.514. The van der Waals surface area contributed by atoms with Gasteiger partial charge in [0.25, 0.3) is 0 Å². The molecule has 0 spiro atoms. The Morgan fingerprint density at radius 3 is 2.08 bits per heavy atom. The molecule has 2 N–H and O–H groups in total. The lowest BCUT2D eigenvalue weighted by atomic mass is 9.92. The Hall–Kier alpha value is -0.0800. The van der Waals surface area contributed by atoms with E-state index in [1.54, 1.807) is 0 Å². The zero-order valence-corrected chi connectivity index (χ0v) is 8.16. The monoisotopic (exact) mass is 168 g/mol. The standard InChI is InChI=1S/C10H20N2/c1-7(2)12-5-8-3-4-9(6-12)10(8)11/h7-10H,3-6,11H2,1-2H3. The Bertz CT molecular complexity index is 153. The van der Waals surface area contributed by atoms with Gasteiger partial charge < -0.3 is 10.6 Å². The average Bonchev–Trinajstić information content (AvgIpc) is 2.30. The number of nitrogens with two attached hydrogens (primary N) is 1. The minimum Gasteiger partial charge on any atom is -0.327 e. The van der Waals surface area contributed by atoms with Gasteiger partial charge in [-0.15, -0.1) is 0 Å². The molecule has 2 fully saturated rings. The molecule has 0 aromatic heterocycles. The third-order valence-corrected chi connectivity index (χ3v) is 3.67. The van der Waals surface area contributed by atoms with Crippen molar-refractivity contribution in [2.75, 3.05) is 13.1 Å². The average molecular weight is 168 g/mol. The Labute approximate surface area is 75.1 Å². The van der Waals surface area contributed by atoms with E-state index in [4.69, 9.17) is 5.73 Å². The van der Waals surface area contributed by atoms with Gasteiger partial charge in [-0.2, -0.15) is 0 Å². The summed E-state index contributed by atoms with van der Waals surface area (Å²) >= 11 is 0. The topological polar surface area (TPSA) is 29.3 Å². The van der Waals surface area contributed by atoms with Crippen molar-refractivity contribution in [1.82, 2.24) is 4.90 Å². The van der Waals surface area contributed by atoms with Crippen LogP contribution < -0.4 is 5.73 Å². The van der Waals surface area contributed by atoms with E-state index in [-0.39, 0.29) is 0 Å². The van der Waals surface area contributed by atoms with E-state index in [9.17, 15) is 0 Å². The van der Waals surface area contributed by atoms with E-state index >= 15 is 0 Å². The van der Waals surface area contributed by atoms with Gasteiger partial charge in [-0.25, -0.2) is 0 Å². The number of fused-ring (bicyclic) bond motifs is 2. The molecule has 1 aliphatic carbocycles. The van der Waals surface area contributed by atoms with Crippen LogP contribution in [0.5, 0.6) is 0 Å². The summed E-state index contributed by atoms with van der Waals surface area (Å²) in [7, 11) is 0. The summed E-state index contributed by atoms with van der Waals surface area (Å²) in [5, 5.41) is 0. The number of piperidine rings is 1. The lowest BCUT2D eigenvalue weighted by molar-refractivity contribution is 0.117. The van der Waals surface area contributed by atoms with Gasteiger partial charge in [-0.1, -0.05) is 0 Å². The molecule has 12 heavy (non-hydrogen) atoms. The number of hydrogen-bond acceptors (Lipinski definition) is 2. The van der Waals surface area contributed by atoms with E-state index in [2.05, 4.69) is 18.7 Å². The molecule has 70 valence electrons. The Kier molecular flexibility index (Phi) is 2.13. The van der Waals surface area contributed by atoms with Crippen molar-refractivity contribution in [2.24, 2.45) is 17.6 Å². The molecule has 0 radical (unpaired) electrons. The van der Waals surface area contributed by atoms with Gasteiger partial charge in [-0.3, -0.25) is 0 Å². The van der Waals surface area contributed by atoms with Gasteiger partial charge in [0.1, 0.15) is 0 Å². The normalized spacial score (nSPS) is 42.5. The molecule has 1 saturated carbocycles. The second kappa shape index (κ2) is 3.00. The first-order valence-electron chi connectivity index (χ1n) is 5.18. The summed E-state index contributed by atoms with van der Waals surface area (Å²) in [6.45, 7) is 7.07. The largest absolute Gasteiger partial charge is 0.327 e. The minimum absolute atomic E-state index is 0.514. The highest BCUT2D eigenvalue weighted by Crippen LogP contribution is 2.36. The number of rotatable bonds is 1. The predicted molar refractivity (Wildman–Crippen MR) is 50.9 cm³/mol. The van der Waals surface area contributed by atoms with Crippen LogP contribution in [0, 0.1) is 11.8 Å². The number of likely N-dealkylation sites (tertiary alicyclic amines) is 1. The quantitative estimate of drug-likeness (QED) is 0.634. The van der Waals surface area contributed by atoms with Crippen LogP contribution in [0.25, 0.3) is 0 Å². The molecule has 2 unspecified atom stereocenters. The first-order chi connectivity index (χ1) is 5.68. The highest BCUT2D eigenvalue weighted by atomic mass is 15.2. The zero-order chi connectivity index (χ0) is 8.72. The molecule has 2 rings (SSSR count). The van der Waals surface area contributed by atoms with Gasteiger partial charge in [-0.05, 0) is 38.5 Å². The van der Waals surface area contributed by atoms with E-state index < -0.39 is 0 Å². The SMILES string of the molecule is CC(C)N1CC2CCC(C1)C2N. The summed E-state index contributed by atoms with van der Waals surface area (Å²) in [5.74, 6) is 1.59. The molecule has 1 saturated heterocycles. The molecule has 0 aromatic carbocycles. The van der Waals surface area contributed by atoms with E-state index in [1.807, 2.05) is 0 Å². The van der Waals surface area contributed by atoms with Crippen LogP contribution >= 0.6 is 0 Å². The highest BCUT2D eigenvalue weighted by Gasteiger charge is 2.40. The lowest BCUT2D eigenvalue weighted by Gasteiger charge is -2.38. The molecule has 1 aliphatic heterocycles. The first-order valence-corrected chi connectivity index (χ1v) is 5.18. The summed E-state index contributed by atoms with van der Waals surface area (Å²) in [5.41, 5.74) is 6.12. The molecule has 2 atom stereocenters. The van der Waals surface area contributed by atoms with Crippen LogP contribution in [0.4, 0.5) is 0 Å². The summed E-state index contributed by atoms with van der Waals surface area (Å²) in [6, 6.07) is 1.22. The van der Waals surface area contributed by atoms with Gasteiger partial charge in [0.05, 0.1) is 0 Å². The Morgan fingerprint density at radius 2 is 1.67 bits per heavy atom. The maximum atomic E-state index is 6.12. The molecule has 1 heterocycles. The molecular formula is C10H20N2. The van der Waals surface area contributed by atoms with Crippen LogP contribution in [-0.2, 0) is 0 Å².